The monoisotopic (exact) mass is 307 g/mol. The molecule has 1 amide bonds. The van der Waals surface area contributed by atoms with Gasteiger partial charge < -0.3 is 15.0 Å². The van der Waals surface area contributed by atoms with Gasteiger partial charge in [0.05, 0.1) is 11.0 Å². The van der Waals surface area contributed by atoms with Gasteiger partial charge in [0.2, 0.25) is 0 Å². The Morgan fingerprint density at radius 2 is 2.09 bits per heavy atom. The van der Waals surface area contributed by atoms with Crippen molar-refractivity contribution in [1.29, 1.82) is 0 Å². The molecule has 22 heavy (non-hydrogen) atoms. The van der Waals surface area contributed by atoms with Gasteiger partial charge in [-0.2, -0.15) is 0 Å². The van der Waals surface area contributed by atoms with Crippen LogP contribution in [0.25, 0.3) is 0 Å². The Morgan fingerprint density at radius 1 is 1.41 bits per heavy atom. The third kappa shape index (κ3) is 4.09. The second-order valence-corrected chi connectivity index (χ2v) is 6.32. The third-order valence-electron chi connectivity index (χ3n) is 3.33. The molecule has 2 rings (SSSR count). The van der Waals surface area contributed by atoms with Crippen LogP contribution >= 0.6 is 0 Å². The zero-order valence-corrected chi connectivity index (χ0v) is 13.0. The van der Waals surface area contributed by atoms with Crippen molar-refractivity contribution in [3.63, 3.8) is 0 Å². The number of alkyl carbamates (subject to hydrolysis) is 1. The first-order valence-electron chi connectivity index (χ1n) is 7.24. The fourth-order valence-corrected chi connectivity index (χ4v) is 2.46. The molecule has 1 saturated heterocycles. The first-order valence-corrected chi connectivity index (χ1v) is 7.24. The minimum Gasteiger partial charge on any atom is -0.444 e. The molecule has 0 aliphatic carbocycles. The number of benzene rings is 1. The van der Waals surface area contributed by atoms with Crippen LogP contribution in [0.3, 0.4) is 0 Å². The number of carbonyl (C=O) groups is 1. The Kier molecular flexibility index (Phi) is 4.54. The average molecular weight is 307 g/mol. The van der Waals surface area contributed by atoms with Crippen molar-refractivity contribution in [3.8, 4) is 0 Å². The largest absolute Gasteiger partial charge is 0.444 e. The first kappa shape index (κ1) is 16.1. The highest BCUT2D eigenvalue weighted by atomic mass is 16.6. The fraction of sp³-hybridized carbons (Fsp3) is 0.533. The number of amides is 1. The molecule has 0 aromatic heterocycles. The number of nitrogens with zero attached hydrogens (tertiary/aromatic N) is 2. The molecule has 7 nitrogen and oxygen atoms in total. The van der Waals surface area contributed by atoms with E-state index in [1.54, 1.807) is 39.0 Å². The molecule has 120 valence electrons. The van der Waals surface area contributed by atoms with Crippen molar-refractivity contribution in [3.05, 3.63) is 34.4 Å². The fourth-order valence-electron chi connectivity index (χ4n) is 2.46. The Labute approximate surface area is 129 Å². The second kappa shape index (κ2) is 6.21. The van der Waals surface area contributed by atoms with Crippen LogP contribution in [-0.2, 0) is 4.74 Å². The summed E-state index contributed by atoms with van der Waals surface area (Å²) in [5.74, 6) is 0. The summed E-state index contributed by atoms with van der Waals surface area (Å²) in [7, 11) is 0. The normalized spacial score (nSPS) is 18.1. The number of nitrogens with one attached hydrogen (secondary N) is 1. The van der Waals surface area contributed by atoms with Gasteiger partial charge in [0.25, 0.3) is 5.69 Å². The maximum atomic E-state index is 11.8. The van der Waals surface area contributed by atoms with Gasteiger partial charge in [0.15, 0.2) is 0 Å². The van der Waals surface area contributed by atoms with E-state index in [2.05, 4.69) is 5.32 Å². The van der Waals surface area contributed by atoms with Crippen LogP contribution in [-0.4, -0.2) is 35.7 Å². The molecule has 1 heterocycles. The van der Waals surface area contributed by atoms with Crippen molar-refractivity contribution in [1.82, 2.24) is 5.32 Å². The number of nitro groups is 1. The van der Waals surface area contributed by atoms with Gasteiger partial charge >= 0.3 is 6.09 Å². The topological polar surface area (TPSA) is 84.7 Å². The molecular weight excluding hydrogens is 286 g/mol. The van der Waals surface area contributed by atoms with Gasteiger partial charge in [-0.3, -0.25) is 10.1 Å². The van der Waals surface area contributed by atoms with E-state index in [-0.39, 0.29) is 16.7 Å². The van der Waals surface area contributed by atoms with Crippen LogP contribution in [0.1, 0.15) is 27.2 Å². The zero-order valence-electron chi connectivity index (χ0n) is 13.0. The van der Waals surface area contributed by atoms with Crippen LogP contribution in [0.4, 0.5) is 16.2 Å². The van der Waals surface area contributed by atoms with Crippen LogP contribution in [0.15, 0.2) is 24.3 Å². The number of carbonyl (C=O) groups excluding carboxylic acids is 1. The van der Waals surface area contributed by atoms with E-state index in [4.69, 9.17) is 4.74 Å². The molecular formula is C15H21N3O4. The smallest absolute Gasteiger partial charge is 0.407 e. The molecule has 1 aromatic rings. The molecule has 1 aromatic carbocycles. The summed E-state index contributed by atoms with van der Waals surface area (Å²) in [5.41, 5.74) is 0.127. The highest BCUT2D eigenvalue weighted by Gasteiger charge is 2.29. The lowest BCUT2D eigenvalue weighted by Gasteiger charge is -2.22. The number of anilines is 1. The lowest BCUT2D eigenvalue weighted by Crippen LogP contribution is -2.40. The second-order valence-electron chi connectivity index (χ2n) is 6.32. The molecule has 1 aliphatic heterocycles. The number of nitro benzene ring substituents is 1. The van der Waals surface area contributed by atoms with Crippen molar-refractivity contribution in [2.75, 3.05) is 18.0 Å². The standard InChI is InChI=1S/C15H21N3O4/c1-15(2,3)22-14(19)16-11-8-9-17(10-11)12-6-4-5-7-13(12)18(20)21/h4-7,11H,8-10H2,1-3H3,(H,16,19). The molecule has 1 atom stereocenters. The summed E-state index contributed by atoms with van der Waals surface area (Å²) in [6, 6.07) is 6.57. The van der Waals surface area contributed by atoms with Gasteiger partial charge in [0.1, 0.15) is 11.3 Å². The van der Waals surface area contributed by atoms with Gasteiger partial charge in [-0.15, -0.1) is 0 Å². The predicted molar refractivity (Wildman–Crippen MR) is 83.1 cm³/mol. The molecule has 7 heteroatoms. The third-order valence-corrected chi connectivity index (χ3v) is 3.33. The molecule has 0 saturated carbocycles. The van der Waals surface area contributed by atoms with E-state index in [0.717, 1.165) is 6.42 Å². The van der Waals surface area contributed by atoms with Crippen molar-refractivity contribution < 1.29 is 14.5 Å². The van der Waals surface area contributed by atoms with E-state index in [1.807, 2.05) is 4.90 Å². The summed E-state index contributed by atoms with van der Waals surface area (Å²) in [6.07, 6.45) is 0.271. The summed E-state index contributed by atoms with van der Waals surface area (Å²) in [5, 5.41) is 13.9. The maximum absolute atomic E-state index is 11.8. The van der Waals surface area contributed by atoms with Crippen LogP contribution in [0, 0.1) is 10.1 Å². The summed E-state index contributed by atoms with van der Waals surface area (Å²) in [6.45, 7) is 6.61. The van der Waals surface area contributed by atoms with Crippen LogP contribution < -0.4 is 10.2 Å². The van der Waals surface area contributed by atoms with Gasteiger partial charge in [-0.25, -0.2) is 4.79 Å². The summed E-state index contributed by atoms with van der Waals surface area (Å²) >= 11 is 0. The van der Waals surface area contributed by atoms with Crippen LogP contribution in [0.2, 0.25) is 0 Å². The van der Waals surface area contributed by atoms with Crippen molar-refractivity contribution >= 4 is 17.5 Å². The molecule has 0 radical (unpaired) electrons. The highest BCUT2D eigenvalue weighted by molar-refractivity contribution is 5.69. The number of para-hydroxylation sites is 2. The van der Waals surface area contributed by atoms with Crippen molar-refractivity contribution in [2.24, 2.45) is 0 Å². The molecule has 0 spiro atoms. The van der Waals surface area contributed by atoms with E-state index >= 15 is 0 Å². The average Bonchev–Trinajstić information content (AvgIpc) is 2.84. The Morgan fingerprint density at radius 3 is 2.73 bits per heavy atom. The van der Waals surface area contributed by atoms with E-state index in [1.165, 1.54) is 6.07 Å². The molecule has 0 bridgehead atoms. The Balaban J connectivity index is 1.99. The molecule has 1 N–H and O–H groups in total. The lowest BCUT2D eigenvalue weighted by atomic mass is 10.2. The number of hydrogen-bond acceptors (Lipinski definition) is 5. The van der Waals surface area contributed by atoms with E-state index < -0.39 is 11.7 Å². The summed E-state index contributed by atoms with van der Waals surface area (Å²) < 4.78 is 5.23. The molecule has 1 unspecified atom stereocenters. The van der Waals surface area contributed by atoms with Gasteiger partial charge in [-0.05, 0) is 33.3 Å². The molecule has 1 aliphatic rings. The van der Waals surface area contributed by atoms with Crippen molar-refractivity contribution in [2.45, 2.75) is 38.8 Å². The van der Waals surface area contributed by atoms with E-state index in [0.29, 0.717) is 18.8 Å². The Bertz CT molecular complexity index is 568. The summed E-state index contributed by atoms with van der Waals surface area (Å²) in [4.78, 5) is 24.4. The van der Waals surface area contributed by atoms with Gasteiger partial charge in [-0.1, -0.05) is 12.1 Å². The number of rotatable bonds is 3. The number of ether oxygens (including phenoxy) is 1. The minimum absolute atomic E-state index is 0.0744. The first-order chi connectivity index (χ1) is 10.3. The zero-order chi connectivity index (χ0) is 16.3. The predicted octanol–water partition coefficient (Wildman–Crippen LogP) is 2.70. The molecule has 1 fully saturated rings. The maximum Gasteiger partial charge on any atom is 0.407 e. The van der Waals surface area contributed by atoms with E-state index in [9.17, 15) is 14.9 Å². The number of hydrogen-bond donors (Lipinski definition) is 1. The quantitative estimate of drug-likeness (QED) is 0.685. The van der Waals surface area contributed by atoms with Gasteiger partial charge in [0, 0.05) is 19.2 Å². The lowest BCUT2D eigenvalue weighted by molar-refractivity contribution is -0.384. The highest BCUT2D eigenvalue weighted by Crippen LogP contribution is 2.30. The SMILES string of the molecule is CC(C)(C)OC(=O)NC1CCN(c2ccccc2[N+](=O)[O-])C1. The Hall–Kier alpha value is -2.31. The minimum atomic E-state index is -0.541. The van der Waals surface area contributed by atoms with Crippen LogP contribution in [0.5, 0.6) is 0 Å².